The fourth-order valence-corrected chi connectivity index (χ4v) is 2.80. The zero-order chi connectivity index (χ0) is 14.5. The second-order valence-electron chi connectivity index (χ2n) is 4.69. The Morgan fingerprint density at radius 2 is 1.89 bits per heavy atom. The average Bonchev–Trinajstić information content (AvgIpc) is 2.36. The summed E-state index contributed by atoms with van der Waals surface area (Å²) in [4.78, 5) is 0. The quantitative estimate of drug-likeness (QED) is 0.751. The predicted molar refractivity (Wildman–Crippen MR) is 78.9 cm³/mol. The molecule has 19 heavy (non-hydrogen) atoms. The number of hydrogen-bond acceptors (Lipinski definition) is 3. The van der Waals surface area contributed by atoms with Gasteiger partial charge in [0.25, 0.3) is 10.2 Å². The molecule has 0 aromatic heterocycles. The molecule has 0 saturated carbocycles. The number of rotatable bonds is 7. The van der Waals surface area contributed by atoms with Crippen LogP contribution in [0.15, 0.2) is 24.3 Å². The maximum atomic E-state index is 12.1. The van der Waals surface area contributed by atoms with Gasteiger partial charge in [-0.1, -0.05) is 25.5 Å². The summed E-state index contributed by atoms with van der Waals surface area (Å²) in [5.74, 6) is 0. The summed E-state index contributed by atoms with van der Waals surface area (Å²) in [6.07, 6.45) is 1.82. The molecule has 0 aliphatic carbocycles. The fraction of sp³-hybridized carbons (Fsp3) is 0.538. The molecule has 1 aromatic carbocycles. The van der Waals surface area contributed by atoms with Gasteiger partial charge in [-0.15, -0.1) is 0 Å². The molecule has 6 heteroatoms. The predicted octanol–water partition coefficient (Wildman–Crippen LogP) is 1.90. The maximum Gasteiger partial charge on any atom is 0.279 e. The number of nitrogen functional groups attached to an aromatic ring is 1. The minimum Gasteiger partial charge on any atom is -0.399 e. The maximum absolute atomic E-state index is 12.1. The van der Waals surface area contributed by atoms with Crippen molar-refractivity contribution in [3.8, 4) is 0 Å². The highest BCUT2D eigenvalue weighted by molar-refractivity contribution is 7.87. The van der Waals surface area contributed by atoms with E-state index in [0.717, 1.165) is 18.4 Å². The first-order valence-corrected chi connectivity index (χ1v) is 7.90. The number of nitrogens with one attached hydrogen (secondary N) is 1. The molecule has 1 rings (SSSR count). The van der Waals surface area contributed by atoms with Gasteiger partial charge in [-0.3, -0.25) is 0 Å². The molecular weight excluding hydrogens is 262 g/mol. The van der Waals surface area contributed by atoms with Gasteiger partial charge < -0.3 is 5.73 Å². The molecule has 0 radical (unpaired) electrons. The van der Waals surface area contributed by atoms with E-state index in [1.54, 1.807) is 19.2 Å². The van der Waals surface area contributed by atoms with E-state index in [9.17, 15) is 8.42 Å². The minimum absolute atomic E-state index is 0.283. The summed E-state index contributed by atoms with van der Waals surface area (Å²) in [7, 11) is -1.85. The molecule has 5 nitrogen and oxygen atoms in total. The first-order valence-electron chi connectivity index (χ1n) is 6.46. The van der Waals surface area contributed by atoms with E-state index in [-0.39, 0.29) is 6.04 Å². The van der Waals surface area contributed by atoms with Crippen molar-refractivity contribution >= 4 is 15.9 Å². The molecule has 1 aromatic rings. The van der Waals surface area contributed by atoms with Gasteiger partial charge in [0.1, 0.15) is 0 Å². The Hall–Kier alpha value is -1.11. The van der Waals surface area contributed by atoms with Crippen molar-refractivity contribution in [2.45, 2.75) is 32.7 Å². The number of benzene rings is 1. The Morgan fingerprint density at radius 1 is 1.32 bits per heavy atom. The molecule has 0 saturated heterocycles. The lowest BCUT2D eigenvalue weighted by Crippen LogP contribution is -2.39. The van der Waals surface area contributed by atoms with Crippen LogP contribution in [0.4, 0.5) is 5.69 Å². The van der Waals surface area contributed by atoms with Crippen molar-refractivity contribution in [2.24, 2.45) is 0 Å². The first-order chi connectivity index (χ1) is 8.86. The van der Waals surface area contributed by atoms with Crippen LogP contribution in [0.3, 0.4) is 0 Å². The van der Waals surface area contributed by atoms with Crippen molar-refractivity contribution in [3.05, 3.63) is 29.8 Å². The second kappa shape index (κ2) is 6.88. The Kier molecular flexibility index (Phi) is 5.78. The van der Waals surface area contributed by atoms with Gasteiger partial charge in [-0.05, 0) is 31.0 Å². The van der Waals surface area contributed by atoms with Gasteiger partial charge in [0.15, 0.2) is 0 Å². The largest absolute Gasteiger partial charge is 0.399 e. The number of nitrogens with two attached hydrogens (primary N) is 1. The topological polar surface area (TPSA) is 75.4 Å². The first kappa shape index (κ1) is 15.9. The summed E-state index contributed by atoms with van der Waals surface area (Å²) in [5.41, 5.74) is 7.17. The fourth-order valence-electron chi connectivity index (χ4n) is 1.67. The highest BCUT2D eigenvalue weighted by Gasteiger charge is 2.20. The Bertz CT molecular complexity index is 485. The second-order valence-corrected chi connectivity index (χ2v) is 6.50. The highest BCUT2D eigenvalue weighted by atomic mass is 32.2. The van der Waals surface area contributed by atoms with Gasteiger partial charge in [0.2, 0.25) is 0 Å². The van der Waals surface area contributed by atoms with Gasteiger partial charge in [-0.2, -0.15) is 17.4 Å². The molecule has 0 amide bonds. The lowest BCUT2D eigenvalue weighted by molar-refractivity contribution is 0.442. The molecule has 0 spiro atoms. The molecule has 1 atom stereocenters. The number of hydrogen-bond donors (Lipinski definition) is 2. The lowest BCUT2D eigenvalue weighted by Gasteiger charge is -2.21. The van der Waals surface area contributed by atoms with E-state index < -0.39 is 10.2 Å². The van der Waals surface area contributed by atoms with Crippen molar-refractivity contribution in [3.63, 3.8) is 0 Å². The van der Waals surface area contributed by atoms with Crippen LogP contribution in [0.2, 0.25) is 0 Å². The minimum atomic E-state index is -3.44. The Balaban J connectivity index is 2.69. The molecule has 0 fully saturated rings. The molecule has 108 valence electrons. The Morgan fingerprint density at radius 3 is 2.42 bits per heavy atom. The smallest absolute Gasteiger partial charge is 0.279 e. The molecule has 3 N–H and O–H groups in total. The third-order valence-electron chi connectivity index (χ3n) is 3.00. The van der Waals surface area contributed by atoms with Crippen molar-refractivity contribution in [1.82, 2.24) is 9.03 Å². The van der Waals surface area contributed by atoms with E-state index in [0.29, 0.717) is 12.2 Å². The molecule has 0 aliphatic heterocycles. The van der Waals surface area contributed by atoms with Crippen molar-refractivity contribution < 1.29 is 8.42 Å². The molecule has 0 bridgehead atoms. The van der Waals surface area contributed by atoms with Crippen LogP contribution in [0.25, 0.3) is 0 Å². The number of nitrogens with zero attached hydrogens (tertiary/aromatic N) is 1. The summed E-state index contributed by atoms with van der Waals surface area (Å²) >= 11 is 0. The number of anilines is 1. The Labute approximate surface area is 116 Å². The zero-order valence-electron chi connectivity index (χ0n) is 11.8. The third-order valence-corrected chi connectivity index (χ3v) is 4.65. The van der Waals surface area contributed by atoms with Gasteiger partial charge in [0, 0.05) is 25.3 Å². The molecule has 1 unspecified atom stereocenters. The van der Waals surface area contributed by atoms with Crippen LogP contribution < -0.4 is 10.5 Å². The average molecular weight is 285 g/mol. The van der Waals surface area contributed by atoms with Gasteiger partial charge >= 0.3 is 0 Å². The zero-order valence-corrected chi connectivity index (χ0v) is 12.6. The monoisotopic (exact) mass is 285 g/mol. The van der Waals surface area contributed by atoms with Crippen LogP contribution in [-0.2, 0) is 10.2 Å². The molecule has 0 aliphatic rings. The van der Waals surface area contributed by atoms with E-state index in [1.807, 2.05) is 26.0 Å². The van der Waals surface area contributed by atoms with Crippen LogP contribution in [-0.4, -0.2) is 26.3 Å². The standard InChI is InChI=1S/C13H23N3O2S/c1-4-5-10-16(3)19(17,18)15-11(2)12-6-8-13(14)9-7-12/h6-9,11,15H,4-5,10,14H2,1-3H3. The summed E-state index contributed by atoms with van der Waals surface area (Å²) < 4.78 is 28.2. The summed E-state index contributed by atoms with van der Waals surface area (Å²) in [6, 6.07) is 6.90. The van der Waals surface area contributed by atoms with Crippen molar-refractivity contribution in [1.29, 1.82) is 0 Å². The SMILES string of the molecule is CCCCN(C)S(=O)(=O)NC(C)c1ccc(N)cc1. The van der Waals surface area contributed by atoms with E-state index >= 15 is 0 Å². The highest BCUT2D eigenvalue weighted by Crippen LogP contribution is 2.15. The third kappa shape index (κ3) is 4.81. The lowest BCUT2D eigenvalue weighted by atomic mass is 10.1. The van der Waals surface area contributed by atoms with Crippen LogP contribution in [0.5, 0.6) is 0 Å². The van der Waals surface area contributed by atoms with Crippen LogP contribution >= 0.6 is 0 Å². The normalized spacial score (nSPS) is 13.7. The van der Waals surface area contributed by atoms with E-state index in [2.05, 4.69) is 4.72 Å². The van der Waals surface area contributed by atoms with Crippen LogP contribution in [0.1, 0.15) is 38.3 Å². The van der Waals surface area contributed by atoms with Crippen LogP contribution in [0, 0.1) is 0 Å². The van der Waals surface area contributed by atoms with E-state index in [1.165, 1.54) is 4.31 Å². The molecular formula is C13H23N3O2S. The van der Waals surface area contributed by atoms with Gasteiger partial charge in [-0.25, -0.2) is 0 Å². The van der Waals surface area contributed by atoms with E-state index in [4.69, 9.17) is 5.73 Å². The van der Waals surface area contributed by atoms with Crippen molar-refractivity contribution in [2.75, 3.05) is 19.3 Å². The van der Waals surface area contributed by atoms with Gasteiger partial charge in [0.05, 0.1) is 0 Å². The number of unbranched alkanes of at least 4 members (excludes halogenated alkanes) is 1. The molecule has 0 heterocycles. The summed E-state index contributed by atoms with van der Waals surface area (Å²) in [6.45, 7) is 4.38. The summed E-state index contributed by atoms with van der Waals surface area (Å²) in [5, 5.41) is 0.